The summed E-state index contributed by atoms with van der Waals surface area (Å²) in [6.07, 6.45) is -3.48. The van der Waals surface area contributed by atoms with Crippen LogP contribution in [0.3, 0.4) is 0 Å². The molecule has 2 aromatic heterocycles. The fraction of sp³-hybridized carbons (Fsp3) is 0.200. The van der Waals surface area contributed by atoms with Crippen LogP contribution in [0.25, 0.3) is 5.82 Å². The molecule has 4 rings (SSSR count). The van der Waals surface area contributed by atoms with Crippen molar-refractivity contribution < 1.29 is 27.5 Å². The number of alkyl halides is 3. The first kappa shape index (κ1) is 22.9. The van der Waals surface area contributed by atoms with E-state index in [-0.39, 0.29) is 35.6 Å². The molecule has 1 aliphatic heterocycles. The number of pyridine rings is 1. The summed E-state index contributed by atoms with van der Waals surface area (Å²) >= 11 is 12.2. The first-order valence-electron chi connectivity index (χ1n) is 9.38. The first-order chi connectivity index (χ1) is 15.6. The van der Waals surface area contributed by atoms with Gasteiger partial charge in [0, 0.05) is 17.3 Å². The number of amides is 1. The van der Waals surface area contributed by atoms with Crippen molar-refractivity contribution in [2.45, 2.75) is 13.1 Å². The quantitative estimate of drug-likeness (QED) is 0.553. The van der Waals surface area contributed by atoms with E-state index in [0.717, 1.165) is 4.68 Å². The lowest BCUT2D eigenvalue weighted by Crippen LogP contribution is -2.22. The van der Waals surface area contributed by atoms with E-state index in [9.17, 15) is 18.0 Å². The van der Waals surface area contributed by atoms with Crippen LogP contribution in [0.4, 0.5) is 18.9 Å². The summed E-state index contributed by atoms with van der Waals surface area (Å²) in [7, 11) is 0. The monoisotopic (exact) mass is 499 g/mol. The second-order valence-electron chi connectivity index (χ2n) is 6.81. The van der Waals surface area contributed by atoms with Crippen LogP contribution in [0.1, 0.15) is 27.3 Å². The van der Waals surface area contributed by atoms with Crippen LogP contribution < -0.4 is 5.32 Å². The van der Waals surface area contributed by atoms with Gasteiger partial charge in [-0.25, -0.2) is 9.67 Å². The number of hydrogen-bond donors (Lipinski definition) is 1. The number of rotatable bonds is 4. The molecule has 0 fully saturated rings. The van der Waals surface area contributed by atoms with Gasteiger partial charge in [0.2, 0.25) is 0 Å². The number of oxime groups is 1. The number of aromatic nitrogens is 3. The molecule has 0 unspecified atom stereocenters. The minimum Gasteiger partial charge on any atom is -0.471 e. The number of ether oxygens (including phenoxy) is 1. The lowest BCUT2D eigenvalue weighted by atomic mass is 10.1. The molecule has 0 spiro atoms. The Bertz CT molecular complexity index is 1260. The smallest absolute Gasteiger partial charge is 0.435 e. The number of anilines is 1. The highest BCUT2D eigenvalue weighted by Gasteiger charge is 2.37. The van der Waals surface area contributed by atoms with Gasteiger partial charge in [-0.15, -0.1) is 0 Å². The molecule has 8 nitrogen and oxygen atoms in total. The van der Waals surface area contributed by atoms with E-state index in [4.69, 9.17) is 32.8 Å². The van der Waals surface area contributed by atoms with Crippen LogP contribution in [0.2, 0.25) is 10.0 Å². The molecule has 0 saturated carbocycles. The highest BCUT2D eigenvalue weighted by Crippen LogP contribution is 2.32. The average molecular weight is 500 g/mol. The van der Waals surface area contributed by atoms with Gasteiger partial charge in [0.05, 0.1) is 16.3 Å². The van der Waals surface area contributed by atoms with E-state index in [1.165, 1.54) is 24.4 Å². The zero-order valence-electron chi connectivity index (χ0n) is 16.8. The highest BCUT2D eigenvalue weighted by atomic mass is 35.5. The number of carbonyl (C=O) groups excluding carboxylic acids is 1. The second-order valence-corrected chi connectivity index (χ2v) is 7.65. The number of aryl methyl sites for hydroxylation is 1. The van der Waals surface area contributed by atoms with Crippen LogP contribution in [-0.4, -0.2) is 39.8 Å². The molecule has 3 heterocycles. The van der Waals surface area contributed by atoms with E-state index in [1.807, 2.05) is 0 Å². The molecule has 0 saturated heterocycles. The Morgan fingerprint density at radius 3 is 2.67 bits per heavy atom. The Balaban J connectivity index is 1.80. The van der Waals surface area contributed by atoms with E-state index < -0.39 is 23.5 Å². The van der Waals surface area contributed by atoms with Gasteiger partial charge < -0.3 is 14.9 Å². The predicted molar refractivity (Wildman–Crippen MR) is 114 cm³/mol. The van der Waals surface area contributed by atoms with Crippen molar-refractivity contribution >= 4 is 40.7 Å². The zero-order chi connectivity index (χ0) is 23.8. The summed E-state index contributed by atoms with van der Waals surface area (Å²) in [5, 5.41) is 10.3. The number of nitrogens with zero attached hydrogens (tertiary/aromatic N) is 4. The Labute approximate surface area is 194 Å². The van der Waals surface area contributed by atoms with Crippen molar-refractivity contribution in [3.8, 4) is 5.82 Å². The van der Waals surface area contributed by atoms with E-state index in [0.29, 0.717) is 22.2 Å². The third-order valence-corrected chi connectivity index (χ3v) is 5.02. The van der Waals surface area contributed by atoms with Gasteiger partial charge in [-0.3, -0.25) is 4.79 Å². The molecule has 1 amide bonds. The molecule has 1 aromatic carbocycles. The molecule has 0 radical (unpaired) electrons. The molecule has 13 heteroatoms. The Kier molecular flexibility index (Phi) is 6.17. The van der Waals surface area contributed by atoms with Crippen molar-refractivity contribution in [3.63, 3.8) is 0 Å². The van der Waals surface area contributed by atoms with Crippen molar-refractivity contribution in [1.82, 2.24) is 14.8 Å². The maximum Gasteiger partial charge on any atom is 0.435 e. The maximum atomic E-state index is 13.4. The van der Waals surface area contributed by atoms with Crippen LogP contribution in [0.15, 0.2) is 41.7 Å². The fourth-order valence-electron chi connectivity index (χ4n) is 3.06. The first-order valence-corrected chi connectivity index (χ1v) is 10.1. The minimum absolute atomic E-state index is 0.00819. The average Bonchev–Trinajstić information content (AvgIpc) is 3.22. The number of nitrogens with one attached hydrogen (secondary N) is 1. The molecule has 0 atom stereocenters. The van der Waals surface area contributed by atoms with E-state index in [2.05, 4.69) is 20.6 Å². The van der Waals surface area contributed by atoms with Crippen molar-refractivity contribution in [3.05, 3.63) is 69.1 Å². The minimum atomic E-state index is -4.80. The second kappa shape index (κ2) is 8.91. The maximum absolute atomic E-state index is 13.4. The highest BCUT2D eigenvalue weighted by molar-refractivity contribution is 6.32. The van der Waals surface area contributed by atoms with E-state index >= 15 is 0 Å². The van der Waals surface area contributed by atoms with Gasteiger partial charge in [0.1, 0.15) is 12.3 Å². The number of benzene rings is 1. The van der Waals surface area contributed by atoms with Crippen molar-refractivity contribution in [2.24, 2.45) is 5.16 Å². The summed E-state index contributed by atoms with van der Waals surface area (Å²) in [6.45, 7) is 2.12. The van der Waals surface area contributed by atoms with Gasteiger partial charge in [0.15, 0.2) is 18.1 Å². The van der Waals surface area contributed by atoms with Crippen molar-refractivity contribution in [2.75, 3.05) is 18.5 Å². The molecular weight excluding hydrogens is 486 g/mol. The summed E-state index contributed by atoms with van der Waals surface area (Å²) in [5.74, 6) is -0.968. The standard InChI is InChI=1S/C20H14Cl2F3N5O3/c1-10-7-11(21)8-12(19-29-33-6-5-32-19)16(10)27-18(31)14-9-15(20(23,24)25)28-30(14)17-13(22)3-2-4-26-17/h2-4,7-9H,5-6H2,1H3,(H,27,31). The number of halogens is 5. The lowest BCUT2D eigenvalue weighted by Gasteiger charge is -2.18. The summed E-state index contributed by atoms with van der Waals surface area (Å²) in [5.41, 5.74) is -0.685. The largest absolute Gasteiger partial charge is 0.471 e. The molecule has 0 aliphatic carbocycles. The molecule has 0 bridgehead atoms. The van der Waals surface area contributed by atoms with Gasteiger partial charge in [-0.05, 0) is 41.9 Å². The van der Waals surface area contributed by atoms with E-state index in [1.54, 1.807) is 13.0 Å². The van der Waals surface area contributed by atoms with Gasteiger partial charge in [-0.1, -0.05) is 23.2 Å². The normalized spacial score (nSPS) is 13.7. The van der Waals surface area contributed by atoms with Crippen LogP contribution >= 0.6 is 23.2 Å². The van der Waals surface area contributed by atoms with Crippen LogP contribution in [0, 0.1) is 6.92 Å². The molecular formula is C20H14Cl2F3N5O3. The molecule has 1 N–H and O–H groups in total. The Hall–Kier alpha value is -3.31. The number of hydrogen-bond acceptors (Lipinski definition) is 6. The Morgan fingerprint density at radius 2 is 2.00 bits per heavy atom. The SMILES string of the molecule is Cc1cc(Cl)cc(C2=NOCCO2)c1NC(=O)c1cc(C(F)(F)F)nn1-c1ncccc1Cl. The summed E-state index contributed by atoms with van der Waals surface area (Å²) < 4.78 is 46.4. The molecule has 172 valence electrons. The van der Waals surface area contributed by atoms with Gasteiger partial charge in [-0.2, -0.15) is 18.3 Å². The third-order valence-electron chi connectivity index (χ3n) is 4.50. The summed E-state index contributed by atoms with van der Waals surface area (Å²) in [6, 6.07) is 6.59. The molecule has 33 heavy (non-hydrogen) atoms. The molecule has 3 aromatic rings. The topological polar surface area (TPSA) is 90.6 Å². The van der Waals surface area contributed by atoms with Crippen LogP contribution in [0.5, 0.6) is 0 Å². The fourth-order valence-corrected chi connectivity index (χ4v) is 3.54. The van der Waals surface area contributed by atoms with Crippen LogP contribution in [-0.2, 0) is 15.8 Å². The zero-order valence-corrected chi connectivity index (χ0v) is 18.3. The number of carbonyl (C=O) groups is 1. The molecule has 1 aliphatic rings. The van der Waals surface area contributed by atoms with Crippen molar-refractivity contribution in [1.29, 1.82) is 0 Å². The lowest BCUT2D eigenvalue weighted by molar-refractivity contribution is -0.141. The predicted octanol–water partition coefficient (Wildman–Crippen LogP) is 4.86. The summed E-state index contributed by atoms with van der Waals surface area (Å²) in [4.78, 5) is 22.2. The van der Waals surface area contributed by atoms with Gasteiger partial charge >= 0.3 is 6.18 Å². The Morgan fingerprint density at radius 1 is 1.21 bits per heavy atom. The third kappa shape index (κ3) is 4.74. The van der Waals surface area contributed by atoms with Gasteiger partial charge in [0.25, 0.3) is 11.8 Å².